The fourth-order valence-corrected chi connectivity index (χ4v) is 1.42. The monoisotopic (exact) mass is 290 g/mol. The van der Waals surface area contributed by atoms with E-state index in [2.05, 4.69) is 10.6 Å². The molecule has 0 heterocycles. The lowest BCUT2D eigenvalue weighted by atomic mass is 10.3. The Balaban J connectivity index is 0.00000324. The van der Waals surface area contributed by atoms with Crippen molar-refractivity contribution >= 4 is 18.3 Å². The highest BCUT2D eigenvalue weighted by Crippen LogP contribution is 2.13. The predicted octanol–water partition coefficient (Wildman–Crippen LogP) is 1.74. The van der Waals surface area contributed by atoms with E-state index in [9.17, 15) is 9.18 Å². The van der Waals surface area contributed by atoms with Gasteiger partial charge >= 0.3 is 0 Å². The minimum Gasteiger partial charge on any atom is -0.481 e. The van der Waals surface area contributed by atoms with Crippen LogP contribution in [0.4, 0.5) is 4.39 Å². The molecule has 1 aromatic carbocycles. The zero-order valence-corrected chi connectivity index (χ0v) is 11.9. The maximum absolute atomic E-state index is 12.9. The van der Waals surface area contributed by atoms with Gasteiger partial charge in [0.15, 0.2) is 6.10 Å². The Morgan fingerprint density at radius 1 is 1.42 bits per heavy atom. The molecule has 0 aliphatic rings. The van der Waals surface area contributed by atoms with E-state index in [0.29, 0.717) is 12.3 Å². The third-order valence-electron chi connectivity index (χ3n) is 2.38. The van der Waals surface area contributed by atoms with Crippen molar-refractivity contribution in [3.63, 3.8) is 0 Å². The summed E-state index contributed by atoms with van der Waals surface area (Å²) in [6.07, 6.45) is 0.218. The van der Waals surface area contributed by atoms with E-state index in [0.717, 1.165) is 13.0 Å². The topological polar surface area (TPSA) is 50.4 Å². The van der Waals surface area contributed by atoms with E-state index in [1.807, 2.05) is 7.05 Å². The molecule has 1 amide bonds. The van der Waals surface area contributed by atoms with E-state index in [4.69, 9.17) is 4.74 Å². The normalized spacial score (nSPS) is 11.3. The van der Waals surface area contributed by atoms with Crippen LogP contribution < -0.4 is 15.4 Å². The third kappa shape index (κ3) is 6.98. The zero-order chi connectivity index (χ0) is 13.4. The largest absolute Gasteiger partial charge is 0.481 e. The highest BCUT2D eigenvalue weighted by Gasteiger charge is 2.13. The molecule has 0 bridgehead atoms. The first-order valence-corrected chi connectivity index (χ1v) is 5.98. The van der Waals surface area contributed by atoms with Gasteiger partial charge in [0.05, 0.1) is 0 Å². The third-order valence-corrected chi connectivity index (χ3v) is 2.38. The van der Waals surface area contributed by atoms with Gasteiger partial charge in [0.1, 0.15) is 11.6 Å². The summed E-state index contributed by atoms with van der Waals surface area (Å²) in [6, 6.07) is 5.75. The number of hydrogen-bond acceptors (Lipinski definition) is 3. The van der Waals surface area contributed by atoms with Crippen molar-refractivity contribution in [2.45, 2.75) is 19.4 Å². The van der Waals surface area contributed by atoms with Crippen LogP contribution in [0.15, 0.2) is 24.3 Å². The molecule has 1 rings (SSSR count). The van der Waals surface area contributed by atoms with Crippen LogP contribution in [-0.2, 0) is 4.79 Å². The molecule has 0 saturated heterocycles. The number of amides is 1. The summed E-state index contributed by atoms with van der Waals surface area (Å²) in [5, 5.41) is 5.75. The van der Waals surface area contributed by atoms with E-state index < -0.39 is 6.10 Å². The number of carbonyl (C=O) groups is 1. The second kappa shape index (κ2) is 9.58. The van der Waals surface area contributed by atoms with Gasteiger partial charge in [0.25, 0.3) is 5.91 Å². The van der Waals surface area contributed by atoms with Crippen molar-refractivity contribution in [3.8, 4) is 5.75 Å². The van der Waals surface area contributed by atoms with Crippen molar-refractivity contribution in [1.29, 1.82) is 0 Å². The number of halogens is 2. The van der Waals surface area contributed by atoms with Gasteiger partial charge in [-0.1, -0.05) is 6.07 Å². The summed E-state index contributed by atoms with van der Waals surface area (Å²) in [7, 11) is 1.86. The van der Waals surface area contributed by atoms with Gasteiger partial charge in [-0.3, -0.25) is 4.79 Å². The fraction of sp³-hybridized carbons (Fsp3) is 0.462. The summed E-state index contributed by atoms with van der Waals surface area (Å²) in [5.41, 5.74) is 0. The molecule has 1 aromatic rings. The number of nitrogens with one attached hydrogen (secondary N) is 2. The number of ether oxygens (including phenoxy) is 1. The molecular formula is C13H20ClFN2O2. The SMILES string of the molecule is CNCCCNC(=O)C(C)Oc1cccc(F)c1.Cl. The van der Waals surface area contributed by atoms with Crippen molar-refractivity contribution in [3.05, 3.63) is 30.1 Å². The second-order valence-electron chi connectivity index (χ2n) is 3.97. The van der Waals surface area contributed by atoms with Gasteiger partial charge < -0.3 is 15.4 Å². The van der Waals surface area contributed by atoms with Gasteiger partial charge in [-0.2, -0.15) is 0 Å². The van der Waals surface area contributed by atoms with Crippen LogP contribution in [0.25, 0.3) is 0 Å². The molecule has 4 nitrogen and oxygen atoms in total. The van der Waals surface area contributed by atoms with Crippen molar-refractivity contribution in [2.75, 3.05) is 20.1 Å². The molecule has 0 aliphatic carbocycles. The van der Waals surface area contributed by atoms with Crippen molar-refractivity contribution < 1.29 is 13.9 Å². The van der Waals surface area contributed by atoms with Crippen LogP contribution in [0, 0.1) is 5.82 Å². The lowest BCUT2D eigenvalue weighted by molar-refractivity contribution is -0.127. The van der Waals surface area contributed by atoms with Crippen LogP contribution in [0.5, 0.6) is 5.75 Å². The second-order valence-corrected chi connectivity index (χ2v) is 3.97. The quantitative estimate of drug-likeness (QED) is 0.752. The van der Waals surface area contributed by atoms with E-state index >= 15 is 0 Å². The molecule has 1 unspecified atom stereocenters. The van der Waals surface area contributed by atoms with Gasteiger partial charge in [-0.25, -0.2) is 4.39 Å². The van der Waals surface area contributed by atoms with Crippen LogP contribution in [-0.4, -0.2) is 32.1 Å². The molecule has 6 heteroatoms. The first kappa shape index (κ1) is 17.7. The maximum atomic E-state index is 12.9. The lowest BCUT2D eigenvalue weighted by Gasteiger charge is -2.14. The number of hydrogen-bond donors (Lipinski definition) is 2. The van der Waals surface area contributed by atoms with Gasteiger partial charge in [0.2, 0.25) is 0 Å². The van der Waals surface area contributed by atoms with Crippen LogP contribution >= 0.6 is 12.4 Å². The summed E-state index contributed by atoms with van der Waals surface area (Å²) in [5.74, 6) is -0.225. The van der Waals surface area contributed by atoms with E-state index in [-0.39, 0.29) is 24.1 Å². The number of carbonyl (C=O) groups excluding carboxylic acids is 1. The standard InChI is InChI=1S/C13H19FN2O2.ClH/c1-10(13(17)16-8-4-7-15-2)18-12-6-3-5-11(14)9-12;/h3,5-6,9-10,15H,4,7-8H2,1-2H3,(H,16,17);1H. The Kier molecular flexibility index (Phi) is 8.91. The summed E-state index contributed by atoms with van der Waals surface area (Å²) in [4.78, 5) is 11.6. The first-order valence-electron chi connectivity index (χ1n) is 5.98. The van der Waals surface area contributed by atoms with E-state index in [1.54, 1.807) is 19.1 Å². The number of benzene rings is 1. The van der Waals surface area contributed by atoms with Crippen molar-refractivity contribution in [2.24, 2.45) is 0 Å². The Morgan fingerprint density at radius 3 is 2.79 bits per heavy atom. The summed E-state index contributed by atoms with van der Waals surface area (Å²) >= 11 is 0. The molecule has 108 valence electrons. The molecule has 0 spiro atoms. The summed E-state index contributed by atoms with van der Waals surface area (Å²) < 4.78 is 18.3. The number of rotatable bonds is 7. The summed E-state index contributed by atoms with van der Waals surface area (Å²) in [6.45, 7) is 3.08. The van der Waals surface area contributed by atoms with Gasteiger partial charge in [-0.15, -0.1) is 12.4 Å². The molecule has 0 radical (unpaired) electrons. The fourth-order valence-electron chi connectivity index (χ4n) is 1.42. The average Bonchev–Trinajstić information content (AvgIpc) is 2.34. The molecule has 0 fully saturated rings. The van der Waals surface area contributed by atoms with Gasteiger partial charge in [0, 0.05) is 12.6 Å². The first-order chi connectivity index (χ1) is 8.63. The molecule has 0 aromatic heterocycles. The minimum atomic E-state index is -0.638. The molecule has 19 heavy (non-hydrogen) atoms. The Morgan fingerprint density at radius 2 is 2.16 bits per heavy atom. The zero-order valence-electron chi connectivity index (χ0n) is 11.1. The Labute approximate surface area is 119 Å². The Hall–Kier alpha value is -1.33. The molecule has 2 N–H and O–H groups in total. The highest BCUT2D eigenvalue weighted by atomic mass is 35.5. The molecule has 0 saturated carbocycles. The molecule has 1 atom stereocenters. The van der Waals surface area contributed by atoms with Gasteiger partial charge in [-0.05, 0) is 39.1 Å². The van der Waals surface area contributed by atoms with Crippen LogP contribution in [0.2, 0.25) is 0 Å². The lowest BCUT2D eigenvalue weighted by Crippen LogP contribution is -2.37. The molecular weight excluding hydrogens is 271 g/mol. The molecule has 0 aliphatic heterocycles. The minimum absolute atomic E-state index is 0. The maximum Gasteiger partial charge on any atom is 0.260 e. The smallest absolute Gasteiger partial charge is 0.260 e. The predicted molar refractivity (Wildman–Crippen MR) is 75.3 cm³/mol. The van der Waals surface area contributed by atoms with Crippen LogP contribution in [0.1, 0.15) is 13.3 Å². The average molecular weight is 291 g/mol. The van der Waals surface area contributed by atoms with E-state index in [1.165, 1.54) is 12.1 Å². The van der Waals surface area contributed by atoms with Crippen LogP contribution in [0.3, 0.4) is 0 Å². The highest BCUT2D eigenvalue weighted by molar-refractivity contribution is 5.85. The Bertz CT molecular complexity index is 391. The van der Waals surface area contributed by atoms with Crippen molar-refractivity contribution in [1.82, 2.24) is 10.6 Å².